The lowest BCUT2D eigenvalue weighted by molar-refractivity contribution is 1.18. The van der Waals surface area contributed by atoms with E-state index in [0.29, 0.717) is 5.15 Å². The Kier molecular flexibility index (Phi) is 1.97. The van der Waals surface area contributed by atoms with Crippen LogP contribution >= 0.6 is 22.9 Å². The molecule has 0 saturated carbocycles. The van der Waals surface area contributed by atoms with E-state index in [1.54, 1.807) is 6.20 Å². The largest absolute Gasteiger partial charge is 0.297 e. The molecule has 0 fully saturated rings. The van der Waals surface area contributed by atoms with Gasteiger partial charge in [0.25, 0.3) is 0 Å². The second-order valence-corrected chi connectivity index (χ2v) is 4.29. The van der Waals surface area contributed by atoms with Crippen molar-refractivity contribution in [3.05, 3.63) is 41.1 Å². The molecule has 3 heterocycles. The average molecular weight is 236 g/mol. The van der Waals surface area contributed by atoms with Crippen molar-refractivity contribution in [3.8, 4) is 10.7 Å². The Bertz CT molecular complexity index is 614. The Balaban J connectivity index is 2.30. The minimum absolute atomic E-state index is 0.534. The summed E-state index contributed by atoms with van der Waals surface area (Å²) >= 11 is 7.34. The molecular weight excluding hydrogens is 230 g/mol. The predicted molar refractivity (Wildman–Crippen MR) is 61.3 cm³/mol. The van der Waals surface area contributed by atoms with Crippen LogP contribution < -0.4 is 0 Å². The number of pyridine rings is 1. The number of imidazole rings is 1. The Morgan fingerprint density at radius 2 is 2.27 bits per heavy atom. The topological polar surface area (TPSA) is 30.2 Å². The molecule has 0 aromatic carbocycles. The number of hydrogen-bond acceptors (Lipinski definition) is 3. The molecule has 74 valence electrons. The summed E-state index contributed by atoms with van der Waals surface area (Å²) in [5.41, 5.74) is 1.93. The first-order valence-corrected chi connectivity index (χ1v) is 5.64. The van der Waals surface area contributed by atoms with E-state index in [-0.39, 0.29) is 0 Å². The zero-order valence-electron chi connectivity index (χ0n) is 7.59. The van der Waals surface area contributed by atoms with Crippen LogP contribution in [0.15, 0.2) is 36.0 Å². The average Bonchev–Trinajstić information content (AvgIpc) is 2.84. The summed E-state index contributed by atoms with van der Waals surface area (Å²) in [6, 6.07) is 5.93. The maximum absolute atomic E-state index is 5.81. The molecule has 0 amide bonds. The van der Waals surface area contributed by atoms with E-state index in [2.05, 4.69) is 9.97 Å². The Morgan fingerprint density at radius 1 is 1.33 bits per heavy atom. The van der Waals surface area contributed by atoms with Crippen molar-refractivity contribution in [1.82, 2.24) is 14.4 Å². The SMILES string of the molecule is Clc1csc(-c2cccc3nccn23)n1. The summed E-state index contributed by atoms with van der Waals surface area (Å²) in [7, 11) is 0. The first kappa shape index (κ1) is 8.88. The zero-order valence-corrected chi connectivity index (χ0v) is 9.16. The Hall–Kier alpha value is -1.39. The van der Waals surface area contributed by atoms with Crippen molar-refractivity contribution in [3.63, 3.8) is 0 Å². The Labute approximate surface area is 95.0 Å². The lowest BCUT2D eigenvalue weighted by Crippen LogP contribution is -1.89. The van der Waals surface area contributed by atoms with Gasteiger partial charge >= 0.3 is 0 Å². The van der Waals surface area contributed by atoms with Crippen LogP contribution in [-0.2, 0) is 0 Å². The van der Waals surface area contributed by atoms with Crippen LogP contribution in [0, 0.1) is 0 Å². The zero-order chi connectivity index (χ0) is 10.3. The third kappa shape index (κ3) is 1.42. The minimum atomic E-state index is 0.534. The molecule has 0 atom stereocenters. The number of halogens is 1. The molecule has 0 aliphatic heterocycles. The molecule has 0 saturated heterocycles. The molecule has 5 heteroatoms. The van der Waals surface area contributed by atoms with Gasteiger partial charge in [0, 0.05) is 17.8 Å². The normalized spacial score (nSPS) is 11.0. The van der Waals surface area contributed by atoms with Gasteiger partial charge < -0.3 is 0 Å². The lowest BCUT2D eigenvalue weighted by atomic mass is 10.3. The molecule has 3 aromatic rings. The lowest BCUT2D eigenvalue weighted by Gasteiger charge is -2.00. The highest BCUT2D eigenvalue weighted by Crippen LogP contribution is 2.25. The first-order valence-electron chi connectivity index (χ1n) is 4.38. The van der Waals surface area contributed by atoms with E-state index in [9.17, 15) is 0 Å². The van der Waals surface area contributed by atoms with E-state index >= 15 is 0 Å². The fraction of sp³-hybridized carbons (Fsp3) is 0. The van der Waals surface area contributed by atoms with E-state index in [1.807, 2.05) is 34.2 Å². The summed E-state index contributed by atoms with van der Waals surface area (Å²) < 4.78 is 2.00. The second kappa shape index (κ2) is 3.32. The van der Waals surface area contributed by atoms with Crippen molar-refractivity contribution >= 4 is 28.6 Å². The molecule has 0 unspecified atom stereocenters. The molecule has 0 N–H and O–H groups in total. The summed E-state index contributed by atoms with van der Waals surface area (Å²) in [5.74, 6) is 0. The van der Waals surface area contributed by atoms with Gasteiger partial charge in [0.05, 0.1) is 5.69 Å². The summed E-state index contributed by atoms with van der Waals surface area (Å²) in [6.07, 6.45) is 3.69. The van der Waals surface area contributed by atoms with E-state index < -0.39 is 0 Å². The summed E-state index contributed by atoms with van der Waals surface area (Å²) in [6.45, 7) is 0. The third-order valence-electron chi connectivity index (χ3n) is 2.12. The molecule has 3 aromatic heterocycles. The molecule has 3 nitrogen and oxygen atoms in total. The molecular formula is C10H6ClN3S. The highest BCUT2D eigenvalue weighted by molar-refractivity contribution is 7.13. The van der Waals surface area contributed by atoms with Gasteiger partial charge in [-0.1, -0.05) is 17.7 Å². The minimum Gasteiger partial charge on any atom is -0.297 e. The summed E-state index contributed by atoms with van der Waals surface area (Å²) in [4.78, 5) is 8.46. The van der Waals surface area contributed by atoms with Crippen molar-refractivity contribution in [1.29, 1.82) is 0 Å². The molecule has 0 aliphatic rings. The monoisotopic (exact) mass is 235 g/mol. The van der Waals surface area contributed by atoms with Crippen LogP contribution in [0.1, 0.15) is 0 Å². The molecule has 0 radical (unpaired) electrons. The molecule has 15 heavy (non-hydrogen) atoms. The maximum Gasteiger partial charge on any atom is 0.142 e. The predicted octanol–water partition coefficient (Wildman–Crippen LogP) is 3.11. The van der Waals surface area contributed by atoms with Gasteiger partial charge in [0.15, 0.2) is 0 Å². The molecule has 0 aliphatic carbocycles. The van der Waals surface area contributed by atoms with Gasteiger partial charge in [-0.2, -0.15) is 0 Å². The number of thiazole rings is 1. The van der Waals surface area contributed by atoms with Gasteiger partial charge in [-0.15, -0.1) is 11.3 Å². The van der Waals surface area contributed by atoms with Gasteiger partial charge in [-0.3, -0.25) is 4.40 Å². The van der Waals surface area contributed by atoms with Gasteiger partial charge in [-0.05, 0) is 12.1 Å². The molecule has 0 spiro atoms. The third-order valence-corrected chi connectivity index (χ3v) is 3.31. The van der Waals surface area contributed by atoms with Gasteiger partial charge in [0.2, 0.25) is 0 Å². The van der Waals surface area contributed by atoms with Crippen LogP contribution in [0.2, 0.25) is 5.15 Å². The van der Waals surface area contributed by atoms with E-state index in [1.165, 1.54) is 11.3 Å². The van der Waals surface area contributed by atoms with Crippen LogP contribution in [-0.4, -0.2) is 14.4 Å². The van der Waals surface area contributed by atoms with Crippen LogP contribution in [0.4, 0.5) is 0 Å². The number of nitrogens with zero attached hydrogens (tertiary/aromatic N) is 3. The van der Waals surface area contributed by atoms with Gasteiger partial charge in [-0.25, -0.2) is 9.97 Å². The van der Waals surface area contributed by atoms with Crippen molar-refractivity contribution < 1.29 is 0 Å². The van der Waals surface area contributed by atoms with E-state index in [4.69, 9.17) is 11.6 Å². The highest BCUT2D eigenvalue weighted by atomic mass is 35.5. The van der Waals surface area contributed by atoms with Gasteiger partial charge in [0.1, 0.15) is 15.8 Å². The Morgan fingerprint density at radius 3 is 3.07 bits per heavy atom. The maximum atomic E-state index is 5.81. The van der Waals surface area contributed by atoms with Crippen molar-refractivity contribution in [2.45, 2.75) is 0 Å². The van der Waals surface area contributed by atoms with Crippen LogP contribution in [0.25, 0.3) is 16.3 Å². The summed E-state index contributed by atoms with van der Waals surface area (Å²) in [5, 5.41) is 3.27. The highest BCUT2D eigenvalue weighted by Gasteiger charge is 2.07. The van der Waals surface area contributed by atoms with Crippen LogP contribution in [0.3, 0.4) is 0 Å². The number of fused-ring (bicyclic) bond motifs is 1. The number of aromatic nitrogens is 3. The smallest absolute Gasteiger partial charge is 0.142 e. The standard InChI is InChI=1S/C10H6ClN3S/c11-8-6-15-10(13-8)7-2-1-3-9-12-4-5-14(7)9/h1-6H. The number of hydrogen-bond donors (Lipinski definition) is 0. The molecule has 3 rings (SSSR count). The van der Waals surface area contributed by atoms with Crippen molar-refractivity contribution in [2.24, 2.45) is 0 Å². The molecule has 0 bridgehead atoms. The number of rotatable bonds is 1. The van der Waals surface area contributed by atoms with Crippen molar-refractivity contribution in [2.75, 3.05) is 0 Å². The van der Waals surface area contributed by atoms with Crippen LogP contribution in [0.5, 0.6) is 0 Å². The fourth-order valence-electron chi connectivity index (χ4n) is 1.49. The second-order valence-electron chi connectivity index (χ2n) is 3.04. The fourth-order valence-corrected chi connectivity index (χ4v) is 2.46. The van der Waals surface area contributed by atoms with E-state index in [0.717, 1.165) is 16.3 Å². The quantitative estimate of drug-likeness (QED) is 0.649. The first-order chi connectivity index (χ1) is 7.34.